The molecule has 2 atom stereocenters. The molecule has 0 spiro atoms. The molecule has 0 amide bonds. The van der Waals surface area contributed by atoms with Crippen LogP contribution in [-0.4, -0.2) is 5.78 Å². The smallest absolute Gasteiger partial charge is 0.143 e. The molecule has 1 nitrogen and oxygen atoms in total. The van der Waals surface area contributed by atoms with Crippen molar-refractivity contribution in [1.82, 2.24) is 0 Å². The summed E-state index contributed by atoms with van der Waals surface area (Å²) in [6, 6.07) is 0. The van der Waals surface area contributed by atoms with Gasteiger partial charge in [-0.2, -0.15) is 0 Å². The van der Waals surface area contributed by atoms with Crippen molar-refractivity contribution in [3.8, 4) is 0 Å². The standard InChI is InChI=1S/C12H18O/c1-9-7-8-10-5-3-4-6-11(13)12(9,10)2/h10H,1,3-8H2,2H3/t10-,12+/m0/s1. The number of rotatable bonds is 0. The minimum Gasteiger partial charge on any atom is -0.299 e. The average Bonchev–Trinajstić information content (AvgIpc) is 2.30. The fourth-order valence-corrected chi connectivity index (χ4v) is 2.98. The lowest BCUT2D eigenvalue weighted by Gasteiger charge is -2.29. The first-order valence-corrected chi connectivity index (χ1v) is 5.37. The van der Waals surface area contributed by atoms with Crippen LogP contribution in [0.3, 0.4) is 0 Å². The van der Waals surface area contributed by atoms with Crippen LogP contribution in [0.2, 0.25) is 0 Å². The van der Waals surface area contributed by atoms with E-state index in [1.54, 1.807) is 0 Å². The van der Waals surface area contributed by atoms with Crippen molar-refractivity contribution in [2.45, 2.75) is 45.4 Å². The molecule has 1 heteroatoms. The molecule has 0 unspecified atom stereocenters. The summed E-state index contributed by atoms with van der Waals surface area (Å²) in [4.78, 5) is 12.0. The molecule has 2 aliphatic rings. The molecule has 0 aromatic rings. The van der Waals surface area contributed by atoms with Gasteiger partial charge in [0.2, 0.25) is 0 Å². The first-order chi connectivity index (χ1) is 6.15. The van der Waals surface area contributed by atoms with Crippen molar-refractivity contribution in [2.75, 3.05) is 0 Å². The van der Waals surface area contributed by atoms with Gasteiger partial charge in [-0.3, -0.25) is 4.79 Å². The van der Waals surface area contributed by atoms with Gasteiger partial charge in [-0.15, -0.1) is 0 Å². The molecule has 13 heavy (non-hydrogen) atoms. The number of Topliss-reactive ketones (excluding diaryl/α,β-unsaturated/α-hetero) is 1. The summed E-state index contributed by atoms with van der Waals surface area (Å²) in [6.45, 7) is 6.21. The van der Waals surface area contributed by atoms with E-state index in [4.69, 9.17) is 0 Å². The van der Waals surface area contributed by atoms with Crippen LogP contribution >= 0.6 is 0 Å². The monoisotopic (exact) mass is 178 g/mol. The molecule has 0 N–H and O–H groups in total. The molecular weight excluding hydrogens is 160 g/mol. The van der Waals surface area contributed by atoms with E-state index in [2.05, 4.69) is 13.5 Å². The van der Waals surface area contributed by atoms with Gasteiger partial charge in [0.1, 0.15) is 5.78 Å². The summed E-state index contributed by atoms with van der Waals surface area (Å²) in [5.74, 6) is 1.06. The second kappa shape index (κ2) is 2.97. The van der Waals surface area contributed by atoms with Crippen LogP contribution in [0.5, 0.6) is 0 Å². The van der Waals surface area contributed by atoms with Crippen molar-refractivity contribution in [3.63, 3.8) is 0 Å². The van der Waals surface area contributed by atoms with Gasteiger partial charge in [0.15, 0.2) is 0 Å². The Balaban J connectivity index is 2.34. The number of carbonyl (C=O) groups is 1. The highest BCUT2D eigenvalue weighted by molar-refractivity contribution is 5.88. The lowest BCUT2D eigenvalue weighted by atomic mass is 9.73. The molecule has 2 saturated carbocycles. The Morgan fingerprint density at radius 2 is 2.08 bits per heavy atom. The average molecular weight is 178 g/mol. The van der Waals surface area contributed by atoms with Crippen molar-refractivity contribution < 1.29 is 4.79 Å². The lowest BCUT2D eigenvalue weighted by molar-refractivity contribution is -0.127. The summed E-state index contributed by atoms with van der Waals surface area (Å²) in [5, 5.41) is 0. The third-order valence-corrected chi connectivity index (χ3v) is 4.13. The third-order valence-electron chi connectivity index (χ3n) is 4.13. The SMILES string of the molecule is C=C1CC[C@@H]2CCCCC(=O)[C@]12C. The maximum Gasteiger partial charge on any atom is 0.143 e. The molecule has 2 rings (SSSR count). The van der Waals surface area contributed by atoms with Crippen molar-refractivity contribution >= 4 is 5.78 Å². The van der Waals surface area contributed by atoms with E-state index in [0.717, 1.165) is 19.3 Å². The van der Waals surface area contributed by atoms with Gasteiger partial charge < -0.3 is 0 Å². The molecule has 2 fully saturated rings. The van der Waals surface area contributed by atoms with Gasteiger partial charge in [-0.25, -0.2) is 0 Å². The minimum atomic E-state index is -0.142. The van der Waals surface area contributed by atoms with Crippen LogP contribution in [0.4, 0.5) is 0 Å². The van der Waals surface area contributed by atoms with Gasteiger partial charge in [0.05, 0.1) is 0 Å². The molecule has 0 aromatic carbocycles. The Hall–Kier alpha value is -0.590. The summed E-state index contributed by atoms with van der Waals surface area (Å²) in [6.07, 6.45) is 6.62. The van der Waals surface area contributed by atoms with E-state index in [1.807, 2.05) is 0 Å². The van der Waals surface area contributed by atoms with Crippen LogP contribution in [0.25, 0.3) is 0 Å². The van der Waals surface area contributed by atoms with E-state index in [0.29, 0.717) is 11.7 Å². The lowest BCUT2D eigenvalue weighted by Crippen LogP contribution is -2.31. The molecule has 0 heterocycles. The zero-order chi connectivity index (χ0) is 9.47. The van der Waals surface area contributed by atoms with Gasteiger partial charge in [-0.1, -0.05) is 18.6 Å². The number of ketones is 1. The maximum absolute atomic E-state index is 12.0. The van der Waals surface area contributed by atoms with E-state index in [-0.39, 0.29) is 5.41 Å². The molecular formula is C12H18O. The molecule has 72 valence electrons. The van der Waals surface area contributed by atoms with Gasteiger partial charge in [0, 0.05) is 11.8 Å². The molecule has 0 aliphatic heterocycles. The van der Waals surface area contributed by atoms with Gasteiger partial charge >= 0.3 is 0 Å². The number of fused-ring (bicyclic) bond motifs is 1. The predicted octanol–water partition coefficient (Wildman–Crippen LogP) is 3.10. The number of hydrogen-bond donors (Lipinski definition) is 0. The summed E-state index contributed by atoms with van der Waals surface area (Å²) < 4.78 is 0. The fraction of sp³-hybridized carbons (Fsp3) is 0.750. The van der Waals surface area contributed by atoms with Crippen LogP contribution < -0.4 is 0 Å². The topological polar surface area (TPSA) is 17.1 Å². The second-order valence-corrected chi connectivity index (χ2v) is 4.71. The predicted molar refractivity (Wildman–Crippen MR) is 53.4 cm³/mol. The maximum atomic E-state index is 12.0. The van der Waals surface area contributed by atoms with E-state index in [9.17, 15) is 4.79 Å². The van der Waals surface area contributed by atoms with E-state index >= 15 is 0 Å². The normalized spacial score (nSPS) is 40.2. The summed E-state index contributed by atoms with van der Waals surface area (Å²) in [5.41, 5.74) is 1.06. The number of carbonyl (C=O) groups excluding carboxylic acids is 1. The zero-order valence-electron chi connectivity index (χ0n) is 8.44. The second-order valence-electron chi connectivity index (χ2n) is 4.71. The van der Waals surface area contributed by atoms with Gasteiger partial charge in [0.25, 0.3) is 0 Å². The molecule has 0 bridgehead atoms. The molecule has 0 aromatic heterocycles. The molecule has 0 radical (unpaired) electrons. The van der Waals surface area contributed by atoms with E-state index < -0.39 is 0 Å². The van der Waals surface area contributed by atoms with Crippen molar-refractivity contribution in [3.05, 3.63) is 12.2 Å². The largest absolute Gasteiger partial charge is 0.299 e. The fourth-order valence-electron chi connectivity index (χ4n) is 2.98. The first kappa shape index (κ1) is 8.98. The Morgan fingerprint density at radius 1 is 1.31 bits per heavy atom. The highest BCUT2D eigenvalue weighted by Gasteiger charge is 2.47. The highest BCUT2D eigenvalue weighted by Crippen LogP contribution is 2.51. The highest BCUT2D eigenvalue weighted by atomic mass is 16.1. The van der Waals surface area contributed by atoms with Crippen LogP contribution in [-0.2, 0) is 4.79 Å². The Kier molecular flexibility index (Phi) is 2.05. The zero-order valence-corrected chi connectivity index (χ0v) is 8.44. The summed E-state index contributed by atoms with van der Waals surface area (Å²) >= 11 is 0. The van der Waals surface area contributed by atoms with Crippen molar-refractivity contribution in [1.29, 1.82) is 0 Å². The van der Waals surface area contributed by atoms with Crippen LogP contribution in [0.1, 0.15) is 45.4 Å². The van der Waals surface area contributed by atoms with E-state index in [1.165, 1.54) is 24.8 Å². The number of allylic oxidation sites excluding steroid dienone is 1. The van der Waals surface area contributed by atoms with Crippen LogP contribution in [0, 0.1) is 11.3 Å². The molecule has 2 aliphatic carbocycles. The Labute approximate surface area is 80.2 Å². The number of hydrogen-bond acceptors (Lipinski definition) is 1. The van der Waals surface area contributed by atoms with Crippen molar-refractivity contribution in [2.24, 2.45) is 11.3 Å². The molecule has 0 saturated heterocycles. The quantitative estimate of drug-likeness (QED) is 0.521. The first-order valence-electron chi connectivity index (χ1n) is 5.37. The Morgan fingerprint density at radius 3 is 2.85 bits per heavy atom. The third kappa shape index (κ3) is 1.17. The minimum absolute atomic E-state index is 0.142. The van der Waals surface area contributed by atoms with Gasteiger partial charge in [-0.05, 0) is 38.5 Å². The van der Waals surface area contributed by atoms with Crippen LogP contribution in [0.15, 0.2) is 12.2 Å². The summed E-state index contributed by atoms with van der Waals surface area (Å²) in [7, 11) is 0. The Bertz CT molecular complexity index is 254.